The number of amides is 1. The van der Waals surface area contributed by atoms with Crippen molar-refractivity contribution in [2.75, 3.05) is 18.9 Å². The number of thioether (sulfide) groups is 1. The Bertz CT molecular complexity index is 639. The summed E-state index contributed by atoms with van der Waals surface area (Å²) in [6.07, 6.45) is 0.919. The topological polar surface area (TPSA) is 55.4 Å². The van der Waals surface area contributed by atoms with Gasteiger partial charge in [0.25, 0.3) is 5.91 Å². The van der Waals surface area contributed by atoms with E-state index in [4.69, 9.17) is 4.74 Å². The van der Waals surface area contributed by atoms with Gasteiger partial charge in [-0.05, 0) is 35.6 Å². The van der Waals surface area contributed by atoms with E-state index in [9.17, 15) is 9.59 Å². The second kappa shape index (κ2) is 10.2. The van der Waals surface area contributed by atoms with Gasteiger partial charge in [0.05, 0.1) is 5.56 Å². The monoisotopic (exact) mass is 363 g/mol. The molecule has 0 aliphatic rings. The molecule has 24 heavy (non-hydrogen) atoms. The minimum atomic E-state index is -0.472. The molecule has 2 aromatic rings. The molecule has 0 radical (unpaired) electrons. The van der Waals surface area contributed by atoms with Gasteiger partial charge in [-0.2, -0.15) is 11.8 Å². The van der Waals surface area contributed by atoms with Gasteiger partial charge in [0.2, 0.25) is 0 Å². The Kier molecular flexibility index (Phi) is 7.85. The predicted molar refractivity (Wildman–Crippen MR) is 99.6 cm³/mol. The van der Waals surface area contributed by atoms with Crippen molar-refractivity contribution in [2.24, 2.45) is 0 Å². The summed E-state index contributed by atoms with van der Waals surface area (Å²) in [4.78, 5) is 24.9. The molecule has 6 heteroatoms. The highest BCUT2D eigenvalue weighted by Crippen LogP contribution is 2.16. The highest BCUT2D eigenvalue weighted by Gasteiger charge is 2.09. The number of aryl methyl sites for hydroxylation is 1. The molecule has 1 aromatic heterocycles. The van der Waals surface area contributed by atoms with Gasteiger partial charge in [0.1, 0.15) is 0 Å². The van der Waals surface area contributed by atoms with Crippen molar-refractivity contribution in [3.8, 4) is 0 Å². The molecule has 1 aromatic carbocycles. The lowest BCUT2D eigenvalue weighted by Gasteiger charge is -2.07. The molecule has 0 fully saturated rings. The Balaban J connectivity index is 1.59. The van der Waals surface area contributed by atoms with Gasteiger partial charge in [-0.3, -0.25) is 4.79 Å². The van der Waals surface area contributed by atoms with Gasteiger partial charge in [0.15, 0.2) is 6.61 Å². The van der Waals surface area contributed by atoms with Gasteiger partial charge in [0, 0.05) is 22.9 Å². The molecular formula is C18H21NO3S2. The molecule has 1 N–H and O–H groups in total. The van der Waals surface area contributed by atoms with Crippen molar-refractivity contribution < 1.29 is 14.3 Å². The van der Waals surface area contributed by atoms with Crippen LogP contribution < -0.4 is 5.32 Å². The Morgan fingerprint density at radius 3 is 2.67 bits per heavy atom. The molecule has 0 spiro atoms. The van der Waals surface area contributed by atoms with Gasteiger partial charge in [-0.15, -0.1) is 11.3 Å². The number of rotatable bonds is 9. The Morgan fingerprint density at radius 1 is 1.21 bits per heavy atom. The van der Waals surface area contributed by atoms with Crippen LogP contribution in [-0.4, -0.2) is 30.8 Å². The van der Waals surface area contributed by atoms with Crippen molar-refractivity contribution in [1.29, 1.82) is 0 Å². The van der Waals surface area contributed by atoms with E-state index in [-0.39, 0.29) is 12.5 Å². The Morgan fingerprint density at radius 2 is 2.00 bits per heavy atom. The van der Waals surface area contributed by atoms with Crippen LogP contribution in [0, 0.1) is 0 Å². The number of ether oxygens (including phenoxy) is 1. The molecule has 1 heterocycles. The maximum absolute atomic E-state index is 11.9. The van der Waals surface area contributed by atoms with E-state index in [0.717, 1.165) is 23.5 Å². The first-order valence-electron chi connectivity index (χ1n) is 7.82. The van der Waals surface area contributed by atoms with E-state index in [0.29, 0.717) is 12.1 Å². The fourth-order valence-corrected chi connectivity index (χ4v) is 3.67. The van der Waals surface area contributed by atoms with Crippen LogP contribution >= 0.6 is 23.1 Å². The van der Waals surface area contributed by atoms with Crippen LogP contribution in [0.4, 0.5) is 0 Å². The maximum atomic E-state index is 11.9. The number of thiophene rings is 1. The van der Waals surface area contributed by atoms with Crippen molar-refractivity contribution in [2.45, 2.75) is 19.1 Å². The molecule has 2 rings (SSSR count). The highest BCUT2D eigenvalue weighted by molar-refractivity contribution is 7.98. The number of nitrogens with one attached hydrogen (secondary N) is 1. The molecule has 0 aliphatic carbocycles. The number of hydrogen-bond acceptors (Lipinski definition) is 5. The molecule has 0 bridgehead atoms. The summed E-state index contributed by atoms with van der Waals surface area (Å²) in [7, 11) is 0. The Labute approximate surface area is 150 Å². The van der Waals surface area contributed by atoms with Crippen molar-refractivity contribution in [3.63, 3.8) is 0 Å². The first-order chi connectivity index (χ1) is 11.7. The summed E-state index contributed by atoms with van der Waals surface area (Å²) in [6, 6.07) is 11.4. The van der Waals surface area contributed by atoms with E-state index < -0.39 is 5.97 Å². The van der Waals surface area contributed by atoms with Crippen LogP contribution in [0.2, 0.25) is 0 Å². The zero-order valence-corrected chi connectivity index (χ0v) is 15.3. The van der Waals surface area contributed by atoms with Crippen LogP contribution in [0.15, 0.2) is 41.8 Å². The third kappa shape index (κ3) is 6.37. The molecule has 128 valence electrons. The lowest BCUT2D eigenvalue weighted by atomic mass is 10.1. The third-order valence-corrected chi connectivity index (χ3v) is 5.39. The summed E-state index contributed by atoms with van der Waals surface area (Å²) in [5.74, 6) is 1.04. The van der Waals surface area contributed by atoms with Crippen LogP contribution in [0.3, 0.4) is 0 Å². The minimum absolute atomic E-state index is 0.246. The zero-order chi connectivity index (χ0) is 17.2. The Hall–Kier alpha value is -1.79. The zero-order valence-electron chi connectivity index (χ0n) is 13.6. The van der Waals surface area contributed by atoms with Crippen LogP contribution in [0.25, 0.3) is 0 Å². The highest BCUT2D eigenvalue weighted by atomic mass is 32.2. The number of carbonyl (C=O) groups is 2. The smallest absolute Gasteiger partial charge is 0.338 e. The largest absolute Gasteiger partial charge is 0.452 e. The number of esters is 1. The maximum Gasteiger partial charge on any atom is 0.338 e. The average molecular weight is 364 g/mol. The normalized spacial score (nSPS) is 10.4. The quantitative estimate of drug-likeness (QED) is 0.547. The molecular weight excluding hydrogens is 342 g/mol. The predicted octanol–water partition coefficient (Wildman–Crippen LogP) is 3.52. The van der Waals surface area contributed by atoms with Crippen LogP contribution in [0.5, 0.6) is 0 Å². The molecule has 0 atom stereocenters. The van der Waals surface area contributed by atoms with Crippen LogP contribution in [-0.2, 0) is 21.7 Å². The van der Waals surface area contributed by atoms with E-state index in [1.807, 2.05) is 18.2 Å². The lowest BCUT2D eigenvalue weighted by Crippen LogP contribution is -2.30. The second-order valence-electron chi connectivity index (χ2n) is 5.11. The summed E-state index contributed by atoms with van der Waals surface area (Å²) in [5, 5.41) is 4.81. The van der Waals surface area contributed by atoms with E-state index in [1.165, 1.54) is 4.88 Å². The molecule has 4 nitrogen and oxygen atoms in total. The minimum Gasteiger partial charge on any atom is -0.452 e. The van der Waals surface area contributed by atoms with Crippen molar-refractivity contribution >= 4 is 35.0 Å². The summed E-state index contributed by atoms with van der Waals surface area (Å²) in [6.45, 7) is 2.37. The van der Waals surface area contributed by atoms with E-state index >= 15 is 0 Å². The SMILES string of the molecule is CCc1ccc(C(=O)OCC(=O)NCCSCc2cccs2)cc1. The molecule has 0 saturated carbocycles. The first kappa shape index (κ1) is 18.5. The molecule has 0 unspecified atom stereocenters. The number of carbonyl (C=O) groups excluding carboxylic acids is 2. The summed E-state index contributed by atoms with van der Waals surface area (Å²) in [5.41, 5.74) is 1.62. The van der Waals surface area contributed by atoms with E-state index in [2.05, 4.69) is 23.7 Å². The van der Waals surface area contributed by atoms with Crippen molar-refractivity contribution in [1.82, 2.24) is 5.32 Å². The summed E-state index contributed by atoms with van der Waals surface area (Å²) < 4.78 is 5.02. The van der Waals surface area contributed by atoms with Gasteiger partial charge >= 0.3 is 5.97 Å². The van der Waals surface area contributed by atoms with Gasteiger partial charge in [-0.25, -0.2) is 4.79 Å². The van der Waals surface area contributed by atoms with Crippen molar-refractivity contribution in [3.05, 3.63) is 57.8 Å². The fraction of sp³-hybridized carbons (Fsp3) is 0.333. The lowest BCUT2D eigenvalue weighted by molar-refractivity contribution is -0.124. The van der Waals surface area contributed by atoms with Gasteiger partial charge in [-0.1, -0.05) is 25.1 Å². The van der Waals surface area contributed by atoms with E-state index in [1.54, 1.807) is 35.2 Å². The summed E-state index contributed by atoms with van der Waals surface area (Å²) >= 11 is 3.50. The standard InChI is InChI=1S/C18H21NO3S2/c1-2-14-5-7-15(8-6-14)18(21)22-12-17(20)19-9-11-23-13-16-4-3-10-24-16/h3-8,10H,2,9,11-13H2,1H3,(H,19,20). The number of hydrogen-bond donors (Lipinski definition) is 1. The fourth-order valence-electron chi connectivity index (χ4n) is 1.97. The average Bonchev–Trinajstić information content (AvgIpc) is 3.13. The molecule has 1 amide bonds. The van der Waals surface area contributed by atoms with Gasteiger partial charge < -0.3 is 10.1 Å². The molecule has 0 aliphatic heterocycles. The second-order valence-corrected chi connectivity index (χ2v) is 7.25. The molecule has 0 saturated heterocycles. The number of benzene rings is 1. The first-order valence-corrected chi connectivity index (χ1v) is 9.85. The van der Waals surface area contributed by atoms with Crippen LogP contribution in [0.1, 0.15) is 27.7 Å². The third-order valence-electron chi connectivity index (χ3n) is 3.33.